The largest absolute Gasteiger partial charge is 0.462 e. The van der Waals surface area contributed by atoms with Crippen LogP contribution < -0.4 is 4.74 Å². The van der Waals surface area contributed by atoms with Crippen molar-refractivity contribution in [2.24, 2.45) is 0 Å². The molecule has 10 atom stereocenters. The zero-order valence-corrected chi connectivity index (χ0v) is 15.3. The van der Waals surface area contributed by atoms with Gasteiger partial charge in [-0.2, -0.15) is 0 Å². The first-order valence-electron chi connectivity index (χ1n) is 9.17. The fourth-order valence-electron chi connectivity index (χ4n) is 3.18. The van der Waals surface area contributed by atoms with E-state index in [1.54, 1.807) is 30.3 Å². The van der Waals surface area contributed by atoms with E-state index < -0.39 is 74.6 Å². The van der Waals surface area contributed by atoms with Crippen LogP contribution in [0.15, 0.2) is 30.3 Å². The fourth-order valence-corrected chi connectivity index (χ4v) is 3.18. The highest BCUT2D eigenvalue weighted by molar-refractivity contribution is 5.21. The Bertz CT molecular complexity index is 629. The molecule has 0 bridgehead atoms. The first-order chi connectivity index (χ1) is 13.8. The van der Waals surface area contributed by atoms with Crippen molar-refractivity contribution in [3.8, 4) is 5.75 Å². The summed E-state index contributed by atoms with van der Waals surface area (Å²) in [5, 5.41) is 69.2. The third-order valence-electron chi connectivity index (χ3n) is 4.94. The molecular weight excluding hydrogens is 392 g/mol. The maximum absolute atomic E-state index is 10.2. The Morgan fingerprint density at radius 1 is 0.690 bits per heavy atom. The molecule has 2 aliphatic heterocycles. The summed E-state index contributed by atoms with van der Waals surface area (Å²) >= 11 is 0. The highest BCUT2D eigenvalue weighted by Crippen LogP contribution is 2.26. The van der Waals surface area contributed by atoms with Gasteiger partial charge in [-0.25, -0.2) is 0 Å². The average Bonchev–Trinajstić information content (AvgIpc) is 2.73. The minimum absolute atomic E-state index is 0.369. The summed E-state index contributed by atoms with van der Waals surface area (Å²) in [4.78, 5) is 0. The van der Waals surface area contributed by atoms with Crippen molar-refractivity contribution in [2.75, 3.05) is 13.2 Å². The Morgan fingerprint density at radius 3 is 1.86 bits per heavy atom. The molecule has 1 aromatic carbocycles. The van der Waals surface area contributed by atoms with Crippen LogP contribution in [-0.4, -0.2) is 110 Å². The van der Waals surface area contributed by atoms with Crippen molar-refractivity contribution >= 4 is 0 Å². The quantitative estimate of drug-likeness (QED) is 0.246. The Balaban J connectivity index is 1.63. The van der Waals surface area contributed by atoms with Gasteiger partial charge in [-0.3, -0.25) is 0 Å². The van der Waals surface area contributed by atoms with Crippen molar-refractivity contribution in [1.82, 2.24) is 0 Å². The lowest BCUT2D eigenvalue weighted by atomic mass is 9.98. The van der Waals surface area contributed by atoms with Crippen molar-refractivity contribution in [3.05, 3.63) is 30.3 Å². The molecule has 1 aromatic rings. The van der Waals surface area contributed by atoms with Gasteiger partial charge in [-0.05, 0) is 12.1 Å². The van der Waals surface area contributed by atoms with Crippen LogP contribution in [0.3, 0.4) is 0 Å². The van der Waals surface area contributed by atoms with Crippen molar-refractivity contribution in [3.63, 3.8) is 0 Å². The number of hydrogen-bond donors (Lipinski definition) is 7. The van der Waals surface area contributed by atoms with Crippen LogP contribution in [0, 0.1) is 0 Å². The minimum atomic E-state index is -1.62. The van der Waals surface area contributed by atoms with Crippen LogP contribution in [0.2, 0.25) is 0 Å². The summed E-state index contributed by atoms with van der Waals surface area (Å²) in [7, 11) is 0. The van der Waals surface area contributed by atoms with E-state index in [1.807, 2.05) is 0 Å². The van der Waals surface area contributed by atoms with Gasteiger partial charge >= 0.3 is 0 Å². The van der Waals surface area contributed by atoms with Gasteiger partial charge in [0.25, 0.3) is 0 Å². The molecule has 0 saturated carbocycles. The van der Waals surface area contributed by atoms with E-state index >= 15 is 0 Å². The van der Waals surface area contributed by atoms with E-state index in [1.165, 1.54) is 0 Å². The first kappa shape index (κ1) is 22.3. The van der Waals surface area contributed by atoms with Gasteiger partial charge in [0, 0.05) is 0 Å². The van der Waals surface area contributed by atoms with E-state index in [-0.39, 0.29) is 0 Å². The predicted octanol–water partition coefficient (Wildman–Crippen LogP) is -3.31. The topological polar surface area (TPSA) is 179 Å². The molecule has 7 N–H and O–H groups in total. The third kappa shape index (κ3) is 4.86. The fraction of sp³-hybridized carbons (Fsp3) is 0.667. The SMILES string of the molecule is OC[C@H]1O[C@H](OC[C@H]2O[C@H](Oc3ccccc3)[C@@H](O)[C@@H](O)[C@@H]2O)[C@@H](O)[C@@H](O)[C@@H]1O. The zero-order valence-electron chi connectivity index (χ0n) is 15.3. The van der Waals surface area contributed by atoms with Gasteiger partial charge in [-0.15, -0.1) is 0 Å². The summed E-state index contributed by atoms with van der Waals surface area (Å²) in [5.74, 6) is 0.369. The van der Waals surface area contributed by atoms with Crippen LogP contribution in [0.1, 0.15) is 0 Å². The van der Waals surface area contributed by atoms with Gasteiger partial charge in [-0.1, -0.05) is 18.2 Å². The van der Waals surface area contributed by atoms with E-state index in [9.17, 15) is 35.7 Å². The standard InChI is InChI=1S/C18H26O11/c19-6-9-11(20)13(22)15(24)17(28-9)26-7-10-12(21)14(23)16(25)18(29-10)27-8-4-2-1-3-5-8/h1-5,9-25H,6-7H2/t9-,10-,11-,12-,13+,14+,15+,16+,17+,18+/m1/s1. The molecule has 2 heterocycles. The molecule has 2 aliphatic rings. The van der Waals surface area contributed by atoms with Crippen molar-refractivity contribution in [1.29, 1.82) is 0 Å². The Kier molecular flexibility index (Phi) is 7.40. The van der Waals surface area contributed by atoms with Crippen molar-refractivity contribution in [2.45, 2.75) is 61.4 Å². The van der Waals surface area contributed by atoms with E-state index in [4.69, 9.17) is 18.9 Å². The lowest BCUT2D eigenvalue weighted by Crippen LogP contribution is -2.62. The first-order valence-corrected chi connectivity index (χ1v) is 9.17. The van der Waals surface area contributed by atoms with Gasteiger partial charge in [0.1, 0.15) is 54.6 Å². The van der Waals surface area contributed by atoms with Gasteiger partial charge in [0.2, 0.25) is 6.29 Å². The lowest BCUT2D eigenvalue weighted by molar-refractivity contribution is -0.323. The number of hydrogen-bond acceptors (Lipinski definition) is 11. The monoisotopic (exact) mass is 418 g/mol. The summed E-state index contributed by atoms with van der Waals surface area (Å²) in [6, 6.07) is 8.41. The summed E-state index contributed by atoms with van der Waals surface area (Å²) in [6.07, 6.45) is -14.5. The summed E-state index contributed by atoms with van der Waals surface area (Å²) in [6.45, 7) is -1.03. The maximum Gasteiger partial charge on any atom is 0.229 e. The number of rotatable bonds is 6. The molecule has 0 amide bonds. The lowest BCUT2D eigenvalue weighted by Gasteiger charge is -2.42. The van der Waals surface area contributed by atoms with E-state index in [2.05, 4.69) is 0 Å². The van der Waals surface area contributed by atoms with Crippen LogP contribution in [0.4, 0.5) is 0 Å². The van der Waals surface area contributed by atoms with Crippen molar-refractivity contribution < 1.29 is 54.7 Å². The molecule has 3 rings (SSSR count). The molecule has 29 heavy (non-hydrogen) atoms. The van der Waals surface area contributed by atoms with Gasteiger partial charge < -0.3 is 54.7 Å². The Labute approximate surface area is 166 Å². The van der Waals surface area contributed by atoms with E-state index in [0.29, 0.717) is 5.75 Å². The normalized spacial score (nSPS) is 43.1. The molecule has 11 heteroatoms. The molecule has 0 aliphatic carbocycles. The number of aliphatic hydroxyl groups is 7. The summed E-state index contributed by atoms with van der Waals surface area (Å²) < 4.78 is 21.6. The van der Waals surface area contributed by atoms with Crippen LogP contribution >= 0.6 is 0 Å². The van der Waals surface area contributed by atoms with E-state index in [0.717, 1.165) is 0 Å². The summed E-state index contributed by atoms with van der Waals surface area (Å²) in [5.41, 5.74) is 0. The Hall–Kier alpha value is -1.38. The second-order valence-electron chi connectivity index (χ2n) is 6.98. The van der Waals surface area contributed by atoms with Crippen LogP contribution in [0.5, 0.6) is 5.75 Å². The van der Waals surface area contributed by atoms with Gasteiger partial charge in [0.05, 0.1) is 13.2 Å². The molecule has 164 valence electrons. The second-order valence-corrected chi connectivity index (χ2v) is 6.98. The Morgan fingerprint density at radius 2 is 1.24 bits per heavy atom. The molecule has 0 radical (unpaired) electrons. The highest BCUT2D eigenvalue weighted by atomic mass is 16.7. The molecular formula is C18H26O11. The number of ether oxygens (including phenoxy) is 4. The zero-order chi connectivity index (χ0) is 21.1. The molecule has 2 fully saturated rings. The number of aliphatic hydroxyl groups excluding tert-OH is 7. The molecule has 11 nitrogen and oxygen atoms in total. The maximum atomic E-state index is 10.2. The number of benzene rings is 1. The third-order valence-corrected chi connectivity index (χ3v) is 4.94. The van der Waals surface area contributed by atoms with Gasteiger partial charge in [0.15, 0.2) is 6.29 Å². The van der Waals surface area contributed by atoms with Crippen LogP contribution in [0.25, 0.3) is 0 Å². The smallest absolute Gasteiger partial charge is 0.229 e. The molecule has 0 spiro atoms. The highest BCUT2D eigenvalue weighted by Gasteiger charge is 2.47. The predicted molar refractivity (Wildman–Crippen MR) is 93.5 cm³/mol. The molecule has 2 saturated heterocycles. The second kappa shape index (κ2) is 9.62. The minimum Gasteiger partial charge on any atom is -0.462 e. The molecule has 0 unspecified atom stereocenters. The van der Waals surface area contributed by atoms with Crippen LogP contribution in [-0.2, 0) is 14.2 Å². The number of para-hydroxylation sites is 1. The molecule has 0 aromatic heterocycles. The average molecular weight is 418 g/mol.